The second-order valence-electron chi connectivity index (χ2n) is 4.38. The summed E-state index contributed by atoms with van der Waals surface area (Å²) in [5.74, 6) is 1.19. The predicted molar refractivity (Wildman–Crippen MR) is 53.4 cm³/mol. The highest BCUT2D eigenvalue weighted by atomic mass is 16.3. The predicted octanol–water partition coefficient (Wildman–Crippen LogP) is 1.10. The molecule has 1 atom stereocenters. The molecule has 2 N–H and O–H groups in total. The van der Waals surface area contributed by atoms with Gasteiger partial charge in [-0.3, -0.25) is 9.55 Å². The van der Waals surface area contributed by atoms with Gasteiger partial charge in [-0.2, -0.15) is 0 Å². The number of imidazole rings is 1. The minimum atomic E-state index is -0.178. The quantitative estimate of drug-likeness (QED) is 0.706. The molecule has 0 bridgehead atoms. The number of hydrogen-bond donors (Lipinski definition) is 2. The first-order valence-corrected chi connectivity index (χ1v) is 5.10. The van der Waals surface area contributed by atoms with E-state index in [4.69, 9.17) is 0 Å². The number of aromatic amines is 1. The maximum atomic E-state index is 11.4. The van der Waals surface area contributed by atoms with E-state index < -0.39 is 0 Å². The summed E-state index contributed by atoms with van der Waals surface area (Å²) in [6.07, 6.45) is 1.86. The molecule has 78 valence electrons. The molecular weight excluding hydrogens is 180 g/mol. The van der Waals surface area contributed by atoms with E-state index in [2.05, 4.69) is 18.8 Å². The first-order valence-electron chi connectivity index (χ1n) is 5.10. The van der Waals surface area contributed by atoms with E-state index in [0.717, 1.165) is 25.1 Å². The Hall–Kier alpha value is -1.19. The highest BCUT2D eigenvalue weighted by molar-refractivity contribution is 5.19. The zero-order valence-electron chi connectivity index (χ0n) is 8.58. The molecule has 0 saturated heterocycles. The SMILES string of the molecule is CC(C)C1CCc2c(O)[nH]c(=O)n2C1. The van der Waals surface area contributed by atoms with Crippen LogP contribution in [0.5, 0.6) is 5.88 Å². The highest BCUT2D eigenvalue weighted by Gasteiger charge is 2.25. The van der Waals surface area contributed by atoms with Crippen molar-refractivity contribution in [3.05, 3.63) is 16.2 Å². The van der Waals surface area contributed by atoms with Crippen LogP contribution >= 0.6 is 0 Å². The Balaban J connectivity index is 2.34. The number of aromatic hydroxyl groups is 1. The van der Waals surface area contributed by atoms with Gasteiger partial charge < -0.3 is 5.11 Å². The maximum Gasteiger partial charge on any atom is 0.328 e. The van der Waals surface area contributed by atoms with Crippen LogP contribution in [0.15, 0.2) is 4.79 Å². The smallest absolute Gasteiger partial charge is 0.328 e. The Morgan fingerprint density at radius 1 is 1.57 bits per heavy atom. The average molecular weight is 196 g/mol. The fourth-order valence-corrected chi connectivity index (χ4v) is 2.13. The Bertz CT molecular complexity index is 389. The zero-order valence-corrected chi connectivity index (χ0v) is 8.58. The van der Waals surface area contributed by atoms with Crippen molar-refractivity contribution < 1.29 is 5.11 Å². The molecule has 4 heteroatoms. The van der Waals surface area contributed by atoms with Crippen molar-refractivity contribution in [1.82, 2.24) is 9.55 Å². The summed E-state index contributed by atoms with van der Waals surface area (Å²) in [4.78, 5) is 13.8. The summed E-state index contributed by atoms with van der Waals surface area (Å²) in [5.41, 5.74) is 0.592. The molecular formula is C10H16N2O2. The topological polar surface area (TPSA) is 58.0 Å². The maximum absolute atomic E-state index is 11.4. The third-order valence-electron chi connectivity index (χ3n) is 3.18. The average Bonchev–Trinajstić information content (AvgIpc) is 2.42. The molecule has 0 amide bonds. The van der Waals surface area contributed by atoms with Gasteiger partial charge in [0.2, 0.25) is 5.88 Å². The normalized spacial score (nSPS) is 21.2. The molecule has 0 radical (unpaired) electrons. The highest BCUT2D eigenvalue weighted by Crippen LogP contribution is 2.27. The third kappa shape index (κ3) is 1.35. The van der Waals surface area contributed by atoms with Gasteiger partial charge >= 0.3 is 5.69 Å². The van der Waals surface area contributed by atoms with Gasteiger partial charge in [-0.1, -0.05) is 13.8 Å². The van der Waals surface area contributed by atoms with Crippen molar-refractivity contribution in [1.29, 1.82) is 0 Å². The van der Waals surface area contributed by atoms with Gasteiger partial charge in [0, 0.05) is 6.54 Å². The molecule has 0 aromatic carbocycles. The molecule has 0 aliphatic carbocycles. The second kappa shape index (κ2) is 3.19. The van der Waals surface area contributed by atoms with E-state index in [1.165, 1.54) is 0 Å². The number of fused-ring (bicyclic) bond motifs is 1. The summed E-state index contributed by atoms with van der Waals surface area (Å²) in [6, 6.07) is 0. The number of hydrogen-bond acceptors (Lipinski definition) is 2. The fourth-order valence-electron chi connectivity index (χ4n) is 2.13. The van der Waals surface area contributed by atoms with Crippen molar-refractivity contribution in [3.8, 4) is 5.88 Å². The van der Waals surface area contributed by atoms with Crippen molar-refractivity contribution >= 4 is 0 Å². The van der Waals surface area contributed by atoms with Crippen LogP contribution in [0, 0.1) is 11.8 Å². The number of nitrogens with zero attached hydrogens (tertiary/aromatic N) is 1. The lowest BCUT2D eigenvalue weighted by Gasteiger charge is -2.26. The van der Waals surface area contributed by atoms with E-state index in [9.17, 15) is 9.90 Å². The van der Waals surface area contributed by atoms with E-state index in [1.54, 1.807) is 4.57 Å². The van der Waals surface area contributed by atoms with Crippen LogP contribution in [0.2, 0.25) is 0 Å². The van der Waals surface area contributed by atoms with Gasteiger partial charge in [-0.05, 0) is 24.7 Å². The summed E-state index contributed by atoms with van der Waals surface area (Å²) >= 11 is 0. The van der Waals surface area contributed by atoms with E-state index in [1.807, 2.05) is 0 Å². The molecule has 1 aromatic heterocycles. The second-order valence-corrected chi connectivity index (χ2v) is 4.38. The summed E-state index contributed by atoms with van der Waals surface area (Å²) in [6.45, 7) is 5.09. The van der Waals surface area contributed by atoms with Gasteiger partial charge in [0.15, 0.2) is 0 Å². The molecule has 2 rings (SSSR count). The zero-order chi connectivity index (χ0) is 10.3. The molecule has 1 unspecified atom stereocenters. The van der Waals surface area contributed by atoms with Gasteiger partial charge in [0.25, 0.3) is 0 Å². The standard InChI is InChI=1S/C10H16N2O2/c1-6(2)7-3-4-8-9(13)11-10(14)12(8)5-7/h6-7,13H,3-5H2,1-2H3,(H,11,14). The molecule has 0 fully saturated rings. The van der Waals surface area contributed by atoms with Crippen LogP contribution in [0.25, 0.3) is 0 Å². The summed E-state index contributed by atoms with van der Waals surface area (Å²) in [5, 5.41) is 9.43. The van der Waals surface area contributed by atoms with Crippen molar-refractivity contribution in [3.63, 3.8) is 0 Å². The van der Waals surface area contributed by atoms with Crippen LogP contribution < -0.4 is 5.69 Å². The Morgan fingerprint density at radius 2 is 2.29 bits per heavy atom. The van der Waals surface area contributed by atoms with Crippen molar-refractivity contribution in [2.45, 2.75) is 33.2 Å². The van der Waals surface area contributed by atoms with Crippen molar-refractivity contribution in [2.75, 3.05) is 0 Å². The Labute approximate surface area is 82.6 Å². The number of aromatic nitrogens is 2. The minimum Gasteiger partial charge on any atom is -0.493 e. The van der Waals surface area contributed by atoms with Gasteiger partial charge in [-0.15, -0.1) is 0 Å². The van der Waals surface area contributed by atoms with E-state index in [-0.39, 0.29) is 11.6 Å². The third-order valence-corrected chi connectivity index (χ3v) is 3.18. The monoisotopic (exact) mass is 196 g/mol. The molecule has 4 nitrogen and oxygen atoms in total. The van der Waals surface area contributed by atoms with E-state index in [0.29, 0.717) is 11.8 Å². The van der Waals surface area contributed by atoms with E-state index >= 15 is 0 Å². The molecule has 14 heavy (non-hydrogen) atoms. The van der Waals surface area contributed by atoms with Gasteiger partial charge in [-0.25, -0.2) is 4.79 Å². The molecule has 0 saturated carbocycles. The molecule has 0 spiro atoms. The van der Waals surface area contributed by atoms with Gasteiger partial charge in [0.1, 0.15) is 0 Å². The van der Waals surface area contributed by atoms with Gasteiger partial charge in [0.05, 0.1) is 5.69 Å². The summed E-state index contributed by atoms with van der Waals surface area (Å²) in [7, 11) is 0. The fraction of sp³-hybridized carbons (Fsp3) is 0.700. The Kier molecular flexibility index (Phi) is 2.13. The van der Waals surface area contributed by atoms with Crippen LogP contribution in [0.1, 0.15) is 26.0 Å². The minimum absolute atomic E-state index is 0.0530. The first kappa shape index (κ1) is 9.37. The molecule has 1 aliphatic rings. The lowest BCUT2D eigenvalue weighted by molar-refractivity contribution is 0.278. The lowest BCUT2D eigenvalue weighted by Crippen LogP contribution is -2.30. The number of H-pyrrole nitrogens is 1. The first-order chi connectivity index (χ1) is 6.59. The largest absolute Gasteiger partial charge is 0.493 e. The Morgan fingerprint density at radius 3 is 2.93 bits per heavy atom. The summed E-state index contributed by atoms with van der Waals surface area (Å²) < 4.78 is 1.67. The van der Waals surface area contributed by atoms with Crippen LogP contribution in [-0.2, 0) is 13.0 Å². The molecule has 1 aromatic rings. The number of rotatable bonds is 1. The van der Waals surface area contributed by atoms with Crippen molar-refractivity contribution in [2.24, 2.45) is 11.8 Å². The molecule has 2 heterocycles. The van der Waals surface area contributed by atoms with Crippen LogP contribution in [0.4, 0.5) is 0 Å². The lowest BCUT2D eigenvalue weighted by atomic mass is 9.88. The van der Waals surface area contributed by atoms with Crippen LogP contribution in [-0.4, -0.2) is 14.7 Å². The van der Waals surface area contributed by atoms with Crippen LogP contribution in [0.3, 0.4) is 0 Å². The molecule has 1 aliphatic heterocycles. The number of nitrogens with one attached hydrogen (secondary N) is 1.